The van der Waals surface area contributed by atoms with Crippen LogP contribution in [0.5, 0.6) is 0 Å². The van der Waals surface area contributed by atoms with Crippen molar-refractivity contribution in [3.63, 3.8) is 0 Å². The molecule has 0 radical (unpaired) electrons. The Morgan fingerprint density at radius 1 is 0.472 bits per heavy atom. The third-order valence-electron chi connectivity index (χ3n) is 4.32. The second-order valence-corrected chi connectivity index (χ2v) is 18.7. The van der Waals surface area contributed by atoms with Crippen molar-refractivity contribution in [2.45, 2.75) is 94.6 Å². The van der Waals surface area contributed by atoms with Crippen molar-refractivity contribution < 1.29 is 26.2 Å². The fourth-order valence-electron chi connectivity index (χ4n) is 2.55. The van der Waals surface area contributed by atoms with Crippen LogP contribution in [0.3, 0.4) is 0 Å². The van der Waals surface area contributed by atoms with Gasteiger partial charge in [-0.15, -0.1) is 39.3 Å². The first-order valence-electron chi connectivity index (χ1n) is 14.3. The minimum absolute atomic E-state index is 0. The van der Waals surface area contributed by atoms with Crippen molar-refractivity contribution in [2.24, 2.45) is 35.5 Å². The maximum Gasteiger partial charge on any atom is 4.00 e. The minimum atomic E-state index is -0.888. The first-order chi connectivity index (χ1) is 16.2. The van der Waals surface area contributed by atoms with E-state index < -0.39 is 14.3 Å². The van der Waals surface area contributed by atoms with Crippen molar-refractivity contribution in [3.05, 3.63) is 40.2 Å². The van der Waals surface area contributed by atoms with Gasteiger partial charge in [0.25, 0.3) is 0 Å². The smallest absolute Gasteiger partial charge is 4.00 e. The molecule has 0 spiro atoms. The topological polar surface area (TPSA) is 42.3 Å². The van der Waals surface area contributed by atoms with Crippen LogP contribution >= 0.6 is 0 Å². The molecule has 0 unspecified atom stereocenters. The molecule has 0 aliphatic heterocycles. The van der Waals surface area contributed by atoms with E-state index in [0.717, 1.165) is 74.8 Å². The number of rotatable bonds is 13. The fourth-order valence-corrected chi connectivity index (χ4v) is 4.63. The first-order valence-corrected chi connectivity index (χ1v) is 20.4. The molecule has 0 heterocycles. The van der Waals surface area contributed by atoms with Gasteiger partial charge in [0.05, 0.1) is 0 Å². The van der Waals surface area contributed by atoms with Crippen LogP contribution in [-0.4, -0.2) is 53.6 Å². The van der Waals surface area contributed by atoms with Crippen molar-refractivity contribution in [2.75, 3.05) is 39.3 Å². The molecule has 0 aromatic heterocycles. The number of hydrogen-bond donors (Lipinski definition) is 0. The molecule has 1 aromatic carbocycles. The van der Waals surface area contributed by atoms with E-state index in [1.54, 1.807) is 4.40 Å². The molecular weight excluding hydrogens is 578 g/mol. The van der Waals surface area contributed by atoms with Crippen molar-refractivity contribution in [1.29, 1.82) is 0 Å². The van der Waals surface area contributed by atoms with Crippen LogP contribution in [0.1, 0.15) is 83.1 Å². The molecule has 0 saturated carbocycles. The molecule has 5 heteroatoms. The molecule has 0 amide bonds. The van der Waals surface area contributed by atoms with Crippen LogP contribution in [0.15, 0.2) is 24.3 Å². The van der Waals surface area contributed by atoms with Gasteiger partial charge in [-0.2, -0.15) is 0 Å². The SMILES string of the molecule is CC(C)C[N-]CC(C)C.CC(C)C[N-]CC(C)C.CC(C)C[N-]CC(C)C.[CH3][GeH]([CH3])[c-]1cccc1.[Zr+4]. The molecular formula is C31H65GeN3Zr. The average Bonchev–Trinajstić information content (AvgIpc) is 3.23. The second kappa shape index (κ2) is 30.2. The summed E-state index contributed by atoms with van der Waals surface area (Å²) in [6.45, 7) is 32.5. The molecule has 0 aliphatic rings. The molecule has 0 bridgehead atoms. The minimum Gasteiger partial charge on any atom is 4.00 e. The summed E-state index contributed by atoms with van der Waals surface area (Å²) in [4.78, 5) is 0. The summed E-state index contributed by atoms with van der Waals surface area (Å²) in [6, 6.07) is 8.73. The van der Waals surface area contributed by atoms with Crippen LogP contribution in [0.4, 0.5) is 0 Å². The molecule has 0 fully saturated rings. The van der Waals surface area contributed by atoms with Gasteiger partial charge in [-0.25, -0.2) is 0 Å². The summed E-state index contributed by atoms with van der Waals surface area (Å²) in [5.41, 5.74) is 0. The fraction of sp³-hybridized carbons (Fsp3) is 0.839. The maximum absolute atomic E-state index is 4.37. The van der Waals surface area contributed by atoms with E-state index in [1.165, 1.54) is 0 Å². The maximum atomic E-state index is 4.37. The Balaban J connectivity index is -0.000000188. The van der Waals surface area contributed by atoms with Gasteiger partial charge in [-0.3, -0.25) is 0 Å². The molecule has 36 heavy (non-hydrogen) atoms. The first kappa shape index (κ1) is 43.7. The van der Waals surface area contributed by atoms with Crippen LogP contribution in [0.2, 0.25) is 11.5 Å². The normalized spacial score (nSPS) is 10.8. The zero-order chi connectivity index (χ0) is 27.8. The van der Waals surface area contributed by atoms with E-state index in [1.807, 2.05) is 0 Å². The van der Waals surface area contributed by atoms with E-state index >= 15 is 0 Å². The van der Waals surface area contributed by atoms with E-state index in [0.29, 0.717) is 0 Å². The summed E-state index contributed by atoms with van der Waals surface area (Å²) in [5.74, 6) is 9.14. The Kier molecular flexibility index (Phi) is 36.7. The monoisotopic (exact) mass is 643 g/mol. The van der Waals surface area contributed by atoms with Crippen LogP contribution in [0, 0.1) is 35.5 Å². The van der Waals surface area contributed by atoms with E-state index in [-0.39, 0.29) is 26.2 Å². The summed E-state index contributed by atoms with van der Waals surface area (Å²) in [7, 11) is 0. The Morgan fingerprint density at radius 2 is 0.667 bits per heavy atom. The Labute approximate surface area is 253 Å². The van der Waals surface area contributed by atoms with Crippen LogP contribution in [0.25, 0.3) is 16.0 Å². The van der Waals surface area contributed by atoms with Crippen LogP contribution in [-0.2, 0) is 26.2 Å². The number of nitrogens with zero attached hydrogens (tertiary/aromatic N) is 3. The van der Waals surface area contributed by atoms with Gasteiger partial charge in [-0.1, -0.05) is 119 Å². The van der Waals surface area contributed by atoms with E-state index in [9.17, 15) is 0 Å². The van der Waals surface area contributed by atoms with Gasteiger partial charge in [0, 0.05) is 0 Å². The van der Waals surface area contributed by atoms with Gasteiger partial charge < -0.3 is 16.0 Å². The largest absolute Gasteiger partial charge is 4.00 e. The summed E-state index contributed by atoms with van der Waals surface area (Å²) in [5, 5.41) is 13.1. The van der Waals surface area contributed by atoms with Gasteiger partial charge in [0.2, 0.25) is 0 Å². The Hall–Kier alpha value is 0.656. The molecule has 0 aliphatic carbocycles. The molecule has 3 nitrogen and oxygen atoms in total. The van der Waals surface area contributed by atoms with Gasteiger partial charge >= 0.3 is 80.7 Å². The van der Waals surface area contributed by atoms with Gasteiger partial charge in [-0.05, 0) is 0 Å². The summed E-state index contributed by atoms with van der Waals surface area (Å²) >= 11 is -0.888. The summed E-state index contributed by atoms with van der Waals surface area (Å²) in [6.07, 6.45) is 0. The van der Waals surface area contributed by atoms with Crippen molar-refractivity contribution in [1.82, 2.24) is 0 Å². The van der Waals surface area contributed by atoms with Gasteiger partial charge in [0.1, 0.15) is 0 Å². The van der Waals surface area contributed by atoms with E-state index in [4.69, 9.17) is 0 Å². The zero-order valence-electron chi connectivity index (χ0n) is 26.9. The van der Waals surface area contributed by atoms with Gasteiger partial charge in [0.15, 0.2) is 0 Å². The zero-order valence-corrected chi connectivity index (χ0v) is 31.8. The Morgan fingerprint density at radius 3 is 0.778 bits per heavy atom. The Bertz CT molecular complexity index is 431. The molecule has 1 aromatic rings. The van der Waals surface area contributed by atoms with E-state index in [2.05, 4.69) is 135 Å². The second-order valence-electron chi connectivity index (χ2n) is 12.5. The third-order valence-corrected chi connectivity index (χ3v) is 7.93. The molecule has 0 atom stereocenters. The molecule has 1 rings (SSSR count). The predicted octanol–water partition coefficient (Wildman–Crippen LogP) is 9.11. The average molecular weight is 644 g/mol. The third kappa shape index (κ3) is 44.6. The summed E-state index contributed by atoms with van der Waals surface area (Å²) < 4.78 is 1.62. The molecule has 212 valence electrons. The number of hydrogen-bond acceptors (Lipinski definition) is 0. The quantitative estimate of drug-likeness (QED) is 0.152. The van der Waals surface area contributed by atoms with Crippen LogP contribution < -0.4 is 4.40 Å². The molecule has 0 N–H and O–H groups in total. The molecule has 0 saturated heterocycles. The van der Waals surface area contributed by atoms with Crippen molar-refractivity contribution >= 4 is 18.7 Å². The standard InChI is InChI=1S/3C8H18N.C7H11Ge.Zr/c3*1-7(2)5-9-6-8(3)4;1-8(2)7-5-3-4-6-7;/h3*7-8H,5-6H2,1-4H3;3-6,8H,1-2H3;/q4*-1;+4. The predicted molar refractivity (Wildman–Crippen MR) is 169 cm³/mol. The van der Waals surface area contributed by atoms with Crippen molar-refractivity contribution in [3.8, 4) is 0 Å².